The largest absolute Gasteiger partial charge is 0.506 e. The van der Waals surface area contributed by atoms with Crippen molar-refractivity contribution in [2.75, 3.05) is 19.7 Å². The topological polar surface area (TPSA) is 105 Å². The van der Waals surface area contributed by atoms with Gasteiger partial charge in [-0.25, -0.2) is 13.6 Å². The summed E-state index contributed by atoms with van der Waals surface area (Å²) in [7, 11) is 0. The van der Waals surface area contributed by atoms with Crippen molar-refractivity contribution in [3.05, 3.63) is 44.3 Å². The lowest BCUT2D eigenvalue weighted by Gasteiger charge is -2.15. The summed E-state index contributed by atoms with van der Waals surface area (Å²) >= 11 is 0. The second kappa shape index (κ2) is 11.2. The van der Waals surface area contributed by atoms with Crippen LogP contribution in [0.3, 0.4) is 0 Å². The van der Waals surface area contributed by atoms with Gasteiger partial charge in [0.25, 0.3) is 0 Å². The fourth-order valence-electron chi connectivity index (χ4n) is 2.41. The number of hydrogen-bond acceptors (Lipinski definition) is 7. The van der Waals surface area contributed by atoms with E-state index in [-0.39, 0.29) is 6.61 Å². The number of carbonyl (C=O) groups excluding carboxylic acids is 1. The number of carbonyl (C=O) groups is 1. The van der Waals surface area contributed by atoms with Crippen molar-refractivity contribution in [2.45, 2.75) is 40.5 Å². The maximum Gasteiger partial charge on any atom is 0.343 e. The Kier molecular flexibility index (Phi) is 9.28. The van der Waals surface area contributed by atoms with Crippen LogP contribution >= 0.6 is 0 Å². The average molecular weight is 431 g/mol. The number of esters is 1. The third-order valence-corrected chi connectivity index (χ3v) is 4.22. The van der Waals surface area contributed by atoms with Crippen LogP contribution in [0.2, 0.25) is 0 Å². The monoisotopic (exact) mass is 431 g/mol. The zero-order valence-electron chi connectivity index (χ0n) is 17.2. The highest BCUT2D eigenvalue weighted by molar-refractivity contribution is 6.15. The molecule has 0 aromatic heterocycles. The number of nitro benzene ring substituents is 1. The molecule has 0 fully saturated rings. The van der Waals surface area contributed by atoms with Crippen LogP contribution in [-0.4, -0.2) is 46.9 Å². The van der Waals surface area contributed by atoms with Crippen molar-refractivity contribution >= 4 is 23.6 Å². The number of ether oxygens (including phenoxy) is 1. The summed E-state index contributed by atoms with van der Waals surface area (Å²) in [6.45, 7) is 7.01. The summed E-state index contributed by atoms with van der Waals surface area (Å²) < 4.78 is 47.6. The molecule has 0 bridgehead atoms. The smallest absolute Gasteiger partial charge is 0.343 e. The number of aliphatic hydroxyl groups is 1. The molecule has 30 heavy (non-hydrogen) atoms. The number of rotatable bonds is 10. The highest BCUT2D eigenvalue weighted by Gasteiger charge is 2.35. The average Bonchev–Trinajstić information content (AvgIpc) is 2.71. The Hall–Kier alpha value is -3.11. The van der Waals surface area contributed by atoms with Gasteiger partial charge in [0, 0.05) is 18.7 Å². The molecule has 0 amide bonds. The second-order valence-corrected chi connectivity index (χ2v) is 6.18. The fraction of sp³-hybridized carbons (Fsp3) is 0.474. The molecule has 0 spiro atoms. The third kappa shape index (κ3) is 5.49. The molecule has 1 rings (SSSR count). The molecule has 0 atom stereocenters. The van der Waals surface area contributed by atoms with E-state index in [0.717, 1.165) is 13.1 Å². The van der Waals surface area contributed by atoms with Crippen molar-refractivity contribution in [2.24, 2.45) is 5.10 Å². The van der Waals surface area contributed by atoms with E-state index in [1.54, 1.807) is 13.8 Å². The van der Waals surface area contributed by atoms with Gasteiger partial charge < -0.3 is 9.84 Å². The van der Waals surface area contributed by atoms with Gasteiger partial charge in [0.05, 0.1) is 17.7 Å². The third-order valence-electron chi connectivity index (χ3n) is 4.22. The van der Waals surface area contributed by atoms with Crippen molar-refractivity contribution in [1.29, 1.82) is 0 Å². The predicted molar refractivity (Wildman–Crippen MR) is 105 cm³/mol. The number of unbranched alkanes of at least 4 members (excludes halogenated alkanes) is 1. The van der Waals surface area contributed by atoms with Gasteiger partial charge in [-0.15, -0.1) is 0 Å². The molecule has 0 radical (unpaired) electrons. The summed E-state index contributed by atoms with van der Waals surface area (Å²) in [5.41, 5.74) is -4.52. The van der Waals surface area contributed by atoms with E-state index in [2.05, 4.69) is 5.10 Å². The number of hydrogen-bond donors (Lipinski definition) is 1. The number of nitrogens with zero attached hydrogens (tertiary/aromatic N) is 3. The van der Waals surface area contributed by atoms with E-state index in [1.807, 2.05) is 6.92 Å². The highest BCUT2D eigenvalue weighted by Crippen LogP contribution is 2.35. The standard InChI is InChI=1S/C19H24F3N3O5/c1-5-8-9-30-19(27)12(10-23-24(6-2)7-3)18(26)13-14(20)11(4)15(21)16(22)17(13)25(28)29/h10,26H,5-9H2,1-4H3. The van der Waals surface area contributed by atoms with Gasteiger partial charge in [-0.05, 0) is 27.2 Å². The number of halogens is 3. The molecule has 1 aromatic rings. The molecule has 0 saturated heterocycles. The van der Waals surface area contributed by atoms with Gasteiger partial charge >= 0.3 is 11.7 Å². The molecule has 1 N–H and O–H groups in total. The Morgan fingerprint density at radius 2 is 1.80 bits per heavy atom. The second-order valence-electron chi connectivity index (χ2n) is 6.18. The lowest BCUT2D eigenvalue weighted by Crippen LogP contribution is -2.19. The van der Waals surface area contributed by atoms with Crippen LogP contribution in [0, 0.1) is 34.5 Å². The van der Waals surface area contributed by atoms with Crippen molar-refractivity contribution in [3.63, 3.8) is 0 Å². The molecule has 0 aliphatic rings. The molecular weight excluding hydrogens is 407 g/mol. The van der Waals surface area contributed by atoms with Gasteiger partial charge in [0.2, 0.25) is 5.82 Å². The Morgan fingerprint density at radius 3 is 2.30 bits per heavy atom. The number of hydrazone groups is 1. The molecule has 0 aliphatic heterocycles. The van der Waals surface area contributed by atoms with E-state index >= 15 is 0 Å². The van der Waals surface area contributed by atoms with Crippen LogP contribution in [0.5, 0.6) is 0 Å². The molecule has 1 aromatic carbocycles. The molecule has 0 saturated carbocycles. The van der Waals surface area contributed by atoms with Crippen LogP contribution in [0.15, 0.2) is 10.7 Å². The summed E-state index contributed by atoms with van der Waals surface area (Å²) in [5.74, 6) is -7.72. The van der Waals surface area contributed by atoms with Gasteiger partial charge in [-0.2, -0.15) is 9.49 Å². The highest BCUT2D eigenvalue weighted by atomic mass is 19.2. The molecule has 0 unspecified atom stereocenters. The summed E-state index contributed by atoms with van der Waals surface area (Å²) in [6, 6.07) is 0. The van der Waals surface area contributed by atoms with E-state index < -0.39 is 56.5 Å². The molecule has 11 heteroatoms. The molecule has 8 nitrogen and oxygen atoms in total. The summed E-state index contributed by atoms with van der Waals surface area (Å²) in [6.07, 6.45) is 2.02. The maximum atomic E-state index is 14.7. The van der Waals surface area contributed by atoms with Gasteiger partial charge in [0.15, 0.2) is 5.82 Å². The lowest BCUT2D eigenvalue weighted by molar-refractivity contribution is -0.388. The van der Waals surface area contributed by atoms with Gasteiger partial charge in [-0.1, -0.05) is 13.3 Å². The van der Waals surface area contributed by atoms with Crippen LogP contribution in [0.4, 0.5) is 18.9 Å². The Morgan fingerprint density at radius 1 is 1.20 bits per heavy atom. The van der Waals surface area contributed by atoms with Crippen molar-refractivity contribution < 1.29 is 32.7 Å². The summed E-state index contributed by atoms with van der Waals surface area (Å²) in [4.78, 5) is 22.3. The van der Waals surface area contributed by atoms with Gasteiger partial charge in [0.1, 0.15) is 22.7 Å². The van der Waals surface area contributed by atoms with Crippen LogP contribution < -0.4 is 0 Å². The summed E-state index contributed by atoms with van der Waals surface area (Å²) in [5, 5.41) is 27.2. The van der Waals surface area contributed by atoms with Crippen LogP contribution in [0.1, 0.15) is 44.7 Å². The Labute approximate surface area is 171 Å². The van der Waals surface area contributed by atoms with E-state index in [0.29, 0.717) is 25.9 Å². The molecule has 0 aliphatic carbocycles. The zero-order valence-corrected chi connectivity index (χ0v) is 17.2. The van der Waals surface area contributed by atoms with Gasteiger partial charge in [-0.3, -0.25) is 15.1 Å². The molecular formula is C19H24F3N3O5. The number of aliphatic hydroxyl groups excluding tert-OH is 1. The first-order valence-electron chi connectivity index (χ1n) is 9.33. The zero-order chi connectivity index (χ0) is 23.0. The number of benzene rings is 1. The number of nitro groups is 1. The van der Waals surface area contributed by atoms with E-state index in [1.165, 1.54) is 5.01 Å². The minimum Gasteiger partial charge on any atom is -0.506 e. The quantitative estimate of drug-likeness (QED) is 0.0867. The first-order chi connectivity index (χ1) is 14.1. The SMILES string of the molecule is CCCCOC(=O)C(C=NN(CC)CC)=C(O)c1c(F)c(C)c(F)c(F)c1[N+](=O)[O-]. The van der Waals surface area contributed by atoms with Crippen molar-refractivity contribution in [3.8, 4) is 0 Å². The predicted octanol–water partition coefficient (Wildman–Crippen LogP) is 4.26. The van der Waals surface area contributed by atoms with Crippen molar-refractivity contribution in [1.82, 2.24) is 5.01 Å². The van der Waals surface area contributed by atoms with Crippen LogP contribution in [0.25, 0.3) is 5.76 Å². The lowest BCUT2D eigenvalue weighted by atomic mass is 10.0. The Balaban J connectivity index is 3.77. The minimum atomic E-state index is -1.96. The molecule has 166 valence electrons. The molecule has 0 heterocycles. The van der Waals surface area contributed by atoms with E-state index in [4.69, 9.17) is 4.74 Å². The first-order valence-corrected chi connectivity index (χ1v) is 9.33. The van der Waals surface area contributed by atoms with Crippen LogP contribution in [-0.2, 0) is 9.53 Å². The van der Waals surface area contributed by atoms with E-state index in [9.17, 15) is 33.2 Å². The normalized spacial score (nSPS) is 12.1. The Bertz CT molecular complexity index is 868. The first kappa shape index (κ1) is 24.9. The minimum absolute atomic E-state index is 0.0351. The fourth-order valence-corrected chi connectivity index (χ4v) is 2.41. The maximum absolute atomic E-state index is 14.7.